The van der Waals surface area contributed by atoms with Crippen LogP contribution in [0.4, 0.5) is 4.79 Å². The van der Waals surface area contributed by atoms with Gasteiger partial charge in [0, 0.05) is 0 Å². The summed E-state index contributed by atoms with van der Waals surface area (Å²) in [6, 6.07) is 6.80. The number of carboxylic acids is 1. The second kappa shape index (κ2) is 7.55. The zero-order chi connectivity index (χ0) is 17.7. The number of nitrogens with one attached hydrogen (secondary N) is 1. The number of amides is 1. The van der Waals surface area contributed by atoms with Crippen molar-refractivity contribution in [2.24, 2.45) is 5.92 Å². The molecule has 1 aromatic rings. The van der Waals surface area contributed by atoms with E-state index >= 15 is 0 Å². The van der Waals surface area contributed by atoms with E-state index in [9.17, 15) is 14.7 Å². The number of alkyl carbamates (subject to hydrolysis) is 1. The summed E-state index contributed by atoms with van der Waals surface area (Å²) in [5.74, 6) is -0.0871. The van der Waals surface area contributed by atoms with Crippen LogP contribution in [0.1, 0.15) is 39.2 Å². The highest BCUT2D eigenvalue weighted by Gasteiger charge is 2.28. The number of aliphatic carboxylic acids is 1. The minimum atomic E-state index is -1.06. The molecule has 0 fully saturated rings. The summed E-state index contributed by atoms with van der Waals surface area (Å²) in [6.07, 6.45) is 1.11. The first-order valence-electron chi connectivity index (χ1n) is 8.17. The van der Waals surface area contributed by atoms with E-state index in [0.717, 1.165) is 24.2 Å². The van der Waals surface area contributed by atoms with E-state index in [1.54, 1.807) is 20.8 Å². The molecule has 2 atom stereocenters. The van der Waals surface area contributed by atoms with Gasteiger partial charge in [0.05, 0.1) is 6.61 Å². The molecule has 0 aliphatic carbocycles. The maximum Gasteiger partial charge on any atom is 0.408 e. The maximum absolute atomic E-state index is 11.9. The van der Waals surface area contributed by atoms with Gasteiger partial charge in [-0.05, 0) is 57.6 Å². The third kappa shape index (κ3) is 5.44. The molecule has 132 valence electrons. The van der Waals surface area contributed by atoms with Gasteiger partial charge < -0.3 is 19.9 Å². The zero-order valence-corrected chi connectivity index (χ0v) is 14.4. The fourth-order valence-corrected chi connectivity index (χ4v) is 2.77. The van der Waals surface area contributed by atoms with E-state index in [-0.39, 0.29) is 5.92 Å². The summed E-state index contributed by atoms with van der Waals surface area (Å²) in [5.41, 5.74) is 0.406. The van der Waals surface area contributed by atoms with Crippen molar-refractivity contribution in [2.45, 2.75) is 51.7 Å². The SMILES string of the molecule is CC(C)(C)OC(=O)N[C@H](CC1CCOc2ccccc2C1)C(=O)O. The van der Waals surface area contributed by atoms with E-state index in [0.29, 0.717) is 13.0 Å². The quantitative estimate of drug-likeness (QED) is 0.883. The fraction of sp³-hybridized carbons (Fsp3) is 0.556. The summed E-state index contributed by atoms with van der Waals surface area (Å²) in [7, 11) is 0. The van der Waals surface area contributed by atoms with Crippen molar-refractivity contribution in [1.29, 1.82) is 0 Å². The lowest BCUT2D eigenvalue weighted by atomic mass is 9.90. The minimum absolute atomic E-state index is 0.115. The molecule has 0 spiro atoms. The van der Waals surface area contributed by atoms with Crippen molar-refractivity contribution in [1.82, 2.24) is 5.32 Å². The maximum atomic E-state index is 11.9. The summed E-state index contributed by atoms with van der Waals surface area (Å²) in [4.78, 5) is 23.4. The topological polar surface area (TPSA) is 84.9 Å². The Bertz CT molecular complexity index is 593. The monoisotopic (exact) mass is 335 g/mol. The van der Waals surface area contributed by atoms with Crippen LogP contribution in [-0.4, -0.2) is 35.4 Å². The van der Waals surface area contributed by atoms with Crippen LogP contribution in [0.2, 0.25) is 0 Å². The normalized spacial score (nSPS) is 18.5. The van der Waals surface area contributed by atoms with Crippen LogP contribution in [-0.2, 0) is 16.0 Å². The molecular formula is C18H25NO5. The predicted molar refractivity (Wildman–Crippen MR) is 89.2 cm³/mol. The van der Waals surface area contributed by atoms with Crippen molar-refractivity contribution in [3.63, 3.8) is 0 Å². The van der Waals surface area contributed by atoms with Gasteiger partial charge in [0.25, 0.3) is 0 Å². The Morgan fingerprint density at radius 1 is 1.38 bits per heavy atom. The Kier molecular flexibility index (Phi) is 5.70. The molecule has 1 unspecified atom stereocenters. The van der Waals surface area contributed by atoms with Gasteiger partial charge in [-0.2, -0.15) is 0 Å². The second-order valence-corrected chi connectivity index (χ2v) is 7.09. The van der Waals surface area contributed by atoms with Crippen LogP contribution < -0.4 is 10.1 Å². The first-order chi connectivity index (χ1) is 11.2. The smallest absolute Gasteiger partial charge is 0.408 e. The van der Waals surface area contributed by atoms with E-state index < -0.39 is 23.7 Å². The second-order valence-electron chi connectivity index (χ2n) is 7.09. The van der Waals surface area contributed by atoms with Crippen LogP contribution in [0.5, 0.6) is 5.75 Å². The lowest BCUT2D eigenvalue weighted by molar-refractivity contribution is -0.140. The molecular weight excluding hydrogens is 310 g/mol. The first-order valence-corrected chi connectivity index (χ1v) is 8.17. The lowest BCUT2D eigenvalue weighted by Gasteiger charge is -2.24. The van der Waals surface area contributed by atoms with E-state index in [1.165, 1.54) is 0 Å². The molecule has 0 saturated carbocycles. The molecule has 1 amide bonds. The van der Waals surface area contributed by atoms with Crippen molar-refractivity contribution in [3.05, 3.63) is 29.8 Å². The number of carboxylic acid groups (broad SMARTS) is 1. The van der Waals surface area contributed by atoms with Gasteiger partial charge in [-0.25, -0.2) is 9.59 Å². The van der Waals surface area contributed by atoms with Crippen LogP contribution in [0, 0.1) is 5.92 Å². The van der Waals surface area contributed by atoms with Crippen LogP contribution in [0.15, 0.2) is 24.3 Å². The zero-order valence-electron chi connectivity index (χ0n) is 14.4. The van der Waals surface area contributed by atoms with Crippen LogP contribution >= 0.6 is 0 Å². The number of fused-ring (bicyclic) bond motifs is 1. The lowest BCUT2D eigenvalue weighted by Crippen LogP contribution is -2.44. The van der Waals surface area contributed by atoms with Crippen LogP contribution in [0.25, 0.3) is 0 Å². The molecule has 0 radical (unpaired) electrons. The van der Waals surface area contributed by atoms with Crippen LogP contribution in [0.3, 0.4) is 0 Å². The van der Waals surface area contributed by atoms with Gasteiger partial charge in [0.15, 0.2) is 0 Å². The van der Waals surface area contributed by atoms with Crippen molar-refractivity contribution >= 4 is 12.1 Å². The molecule has 0 aromatic heterocycles. The summed E-state index contributed by atoms with van der Waals surface area (Å²) in [6.45, 7) is 5.76. The number of hydrogen-bond acceptors (Lipinski definition) is 4. The Balaban J connectivity index is 2.00. The van der Waals surface area contributed by atoms with Gasteiger partial charge in [-0.3, -0.25) is 0 Å². The van der Waals surface area contributed by atoms with Crippen molar-refractivity contribution in [2.75, 3.05) is 6.61 Å². The molecule has 1 heterocycles. The van der Waals surface area contributed by atoms with E-state index in [1.807, 2.05) is 24.3 Å². The van der Waals surface area contributed by atoms with Crippen molar-refractivity contribution in [3.8, 4) is 5.75 Å². The third-order valence-corrected chi connectivity index (χ3v) is 3.82. The highest BCUT2D eigenvalue weighted by molar-refractivity contribution is 5.80. The molecule has 6 nitrogen and oxygen atoms in total. The van der Waals surface area contributed by atoms with Gasteiger partial charge in [-0.1, -0.05) is 18.2 Å². The Morgan fingerprint density at radius 3 is 2.75 bits per heavy atom. The van der Waals surface area contributed by atoms with Gasteiger partial charge >= 0.3 is 12.1 Å². The van der Waals surface area contributed by atoms with Gasteiger partial charge in [-0.15, -0.1) is 0 Å². The standard InChI is InChI=1S/C18H25NO5/c1-18(2,3)24-17(22)19-14(16(20)21)11-12-8-9-23-15-7-5-4-6-13(15)10-12/h4-7,12,14H,8-11H2,1-3H3,(H,19,22)(H,20,21)/t12?,14-/m1/s1. The van der Waals surface area contributed by atoms with Gasteiger partial charge in [0.1, 0.15) is 17.4 Å². The Morgan fingerprint density at radius 2 is 2.08 bits per heavy atom. The summed E-state index contributed by atoms with van der Waals surface area (Å²) < 4.78 is 10.9. The molecule has 6 heteroatoms. The van der Waals surface area contributed by atoms with E-state index in [4.69, 9.17) is 9.47 Å². The molecule has 0 saturated heterocycles. The van der Waals surface area contributed by atoms with E-state index in [2.05, 4.69) is 5.32 Å². The number of rotatable bonds is 4. The number of hydrogen-bond donors (Lipinski definition) is 2. The molecule has 0 bridgehead atoms. The molecule has 1 aliphatic heterocycles. The molecule has 1 aliphatic rings. The number of para-hydroxylation sites is 1. The highest BCUT2D eigenvalue weighted by atomic mass is 16.6. The van der Waals surface area contributed by atoms with Gasteiger partial charge in [0.2, 0.25) is 0 Å². The largest absolute Gasteiger partial charge is 0.493 e. The summed E-state index contributed by atoms with van der Waals surface area (Å²) in [5, 5.41) is 11.9. The number of carbonyl (C=O) groups excluding carboxylic acids is 1. The Labute approximate surface area is 142 Å². The molecule has 2 rings (SSSR count). The van der Waals surface area contributed by atoms with Crippen molar-refractivity contribution < 1.29 is 24.2 Å². The predicted octanol–water partition coefficient (Wildman–Crippen LogP) is 3.00. The average Bonchev–Trinajstić information content (AvgIpc) is 2.66. The molecule has 24 heavy (non-hydrogen) atoms. The first kappa shape index (κ1) is 18.1. The number of benzene rings is 1. The fourth-order valence-electron chi connectivity index (χ4n) is 2.77. The molecule has 1 aromatic carbocycles. The summed E-state index contributed by atoms with van der Waals surface area (Å²) >= 11 is 0. The highest BCUT2D eigenvalue weighted by Crippen LogP contribution is 2.28. The number of carbonyl (C=O) groups is 2. The number of ether oxygens (including phenoxy) is 2. The molecule has 2 N–H and O–H groups in total. The average molecular weight is 335 g/mol. The minimum Gasteiger partial charge on any atom is -0.493 e. The third-order valence-electron chi connectivity index (χ3n) is 3.82. The Hall–Kier alpha value is -2.24.